The van der Waals surface area contributed by atoms with Crippen LogP contribution < -0.4 is 65.1 Å². The number of benzene rings is 3. The smallest absolute Gasteiger partial charge is 0.245 e. The van der Waals surface area contributed by atoms with E-state index in [0.29, 0.717) is 42.4 Å². The van der Waals surface area contributed by atoms with Crippen LogP contribution in [0, 0.1) is 0 Å². The number of thioether (sulfide) groups is 1. The molecule has 10 amide bonds. The summed E-state index contributed by atoms with van der Waals surface area (Å²) in [7, 11) is 1.32. The van der Waals surface area contributed by atoms with Crippen LogP contribution in [0.1, 0.15) is 75.5 Å². The number of likely N-dealkylation sites (N-methyl/N-ethyl adjacent to an activating group) is 1. The molecule has 5 rings (SSSR count). The summed E-state index contributed by atoms with van der Waals surface area (Å²) in [6, 6.07) is 8.08. The molecule has 2 heterocycles. The van der Waals surface area contributed by atoms with Crippen molar-refractivity contribution in [2.24, 2.45) is 17.2 Å². The highest BCUT2D eigenvalue weighted by Gasteiger charge is 2.39. The zero-order valence-corrected chi connectivity index (χ0v) is 53.6. The summed E-state index contributed by atoms with van der Waals surface area (Å²) in [6.07, 6.45) is 0.171. The quantitative estimate of drug-likeness (QED) is 0.0178. The number of amides is 10. The number of H-pyrrole nitrogens is 1. The lowest BCUT2D eigenvalue weighted by Crippen LogP contribution is -2.63. The first-order valence-electron chi connectivity index (χ1n) is 30.6. The number of aromatic amines is 1. The Balaban J connectivity index is 1.43. The molecule has 1 aliphatic heterocycles. The number of unbranched alkanes of at least 4 members (excludes halogenated alkanes) is 2. The molecule has 1 aliphatic rings. The summed E-state index contributed by atoms with van der Waals surface area (Å²) < 4.78 is 0. The molecule has 1 saturated heterocycles. The van der Waals surface area contributed by atoms with Gasteiger partial charge >= 0.3 is 0 Å². The van der Waals surface area contributed by atoms with Crippen molar-refractivity contribution in [3.63, 3.8) is 0 Å². The van der Waals surface area contributed by atoms with Crippen LogP contribution in [-0.2, 0) is 67.2 Å². The highest BCUT2D eigenvalue weighted by Crippen LogP contribution is 2.21. The number of carbonyl (C=O) groups excluding carboxylic acids is 10. The predicted molar refractivity (Wildman–Crippen MR) is 349 cm³/mol. The monoisotopic (exact) mass is 1320 g/mol. The number of carbonyl (C=O) groups is 10. The molecule has 20 N–H and O–H groups in total. The molecule has 0 spiro atoms. The van der Waals surface area contributed by atoms with Crippen molar-refractivity contribution in [3.8, 4) is 5.75 Å². The number of hydrogen-bond acceptors (Lipinski definition) is 19. The number of aromatic nitrogens is 1. The average molecular weight is 1320 g/mol. The number of fused-ring (bicyclic) bond motifs is 1. The Kier molecular flexibility index (Phi) is 31.1. The lowest BCUT2D eigenvalue weighted by Gasteiger charge is -2.33. The van der Waals surface area contributed by atoms with Gasteiger partial charge in [-0.05, 0) is 113 Å². The molecule has 30 heteroatoms. The highest BCUT2D eigenvalue weighted by atomic mass is 32.2. The second-order valence-electron chi connectivity index (χ2n) is 22.7. The van der Waals surface area contributed by atoms with Gasteiger partial charge in [-0.1, -0.05) is 60.7 Å². The van der Waals surface area contributed by atoms with Gasteiger partial charge < -0.3 is 95.4 Å². The van der Waals surface area contributed by atoms with E-state index in [0.717, 1.165) is 27.6 Å². The molecule has 0 saturated carbocycles. The van der Waals surface area contributed by atoms with Crippen LogP contribution in [0.2, 0.25) is 0 Å². The number of aliphatic hydroxyl groups is 3. The fourth-order valence-corrected chi connectivity index (χ4v) is 11.2. The molecule has 92 heavy (non-hydrogen) atoms. The zero-order chi connectivity index (χ0) is 67.4. The van der Waals surface area contributed by atoms with E-state index in [1.807, 2.05) is 18.2 Å². The molecule has 0 aliphatic carbocycles. The average Bonchev–Trinajstić information content (AvgIpc) is 1.53. The lowest BCUT2D eigenvalue weighted by molar-refractivity contribution is -0.143. The van der Waals surface area contributed by atoms with Crippen LogP contribution in [0.15, 0.2) is 85.1 Å². The number of phenolic OH excluding ortho intramolecular Hbond substituents is 1. The Morgan fingerprint density at radius 1 is 0.663 bits per heavy atom. The summed E-state index contributed by atoms with van der Waals surface area (Å²) in [4.78, 5) is 146. The van der Waals surface area contributed by atoms with Crippen molar-refractivity contribution in [1.82, 2.24) is 57.7 Å². The summed E-state index contributed by atoms with van der Waals surface area (Å²) in [5.41, 5.74) is 20.1. The van der Waals surface area contributed by atoms with Crippen LogP contribution >= 0.6 is 24.4 Å². The Hall–Kier alpha value is -7.84. The van der Waals surface area contributed by atoms with E-state index in [9.17, 15) is 58.8 Å². The van der Waals surface area contributed by atoms with Crippen LogP contribution in [0.25, 0.3) is 10.9 Å². The highest BCUT2D eigenvalue weighted by molar-refractivity contribution is 7.99. The topological polar surface area (TPSA) is 457 Å². The molecule has 3 aromatic carbocycles. The lowest BCUT2D eigenvalue weighted by atomic mass is 10.00. The number of phenols is 1. The van der Waals surface area contributed by atoms with Gasteiger partial charge in [-0.25, -0.2) is 0 Å². The van der Waals surface area contributed by atoms with Gasteiger partial charge in [0.05, 0.1) is 30.6 Å². The minimum Gasteiger partial charge on any atom is -0.508 e. The molecular formula is C62H90N14O14S2. The van der Waals surface area contributed by atoms with Gasteiger partial charge in [0, 0.05) is 55.7 Å². The van der Waals surface area contributed by atoms with Gasteiger partial charge in [0.1, 0.15) is 60.1 Å². The van der Waals surface area contributed by atoms with E-state index in [4.69, 9.17) is 17.2 Å². The summed E-state index contributed by atoms with van der Waals surface area (Å²) in [6.45, 7) is 2.20. The Morgan fingerprint density at radius 2 is 1.24 bits per heavy atom. The molecule has 28 nitrogen and oxygen atoms in total. The number of nitrogens with zero attached hydrogens (tertiary/aromatic N) is 1. The molecule has 0 radical (unpaired) electrons. The maximum atomic E-state index is 15.1. The minimum atomic E-state index is -1.68. The molecule has 4 aromatic rings. The van der Waals surface area contributed by atoms with Gasteiger partial charge in [0.15, 0.2) is 0 Å². The fraction of sp³-hybridized carbons (Fsp3) is 0.516. The minimum absolute atomic E-state index is 0.000222. The summed E-state index contributed by atoms with van der Waals surface area (Å²) in [5.74, 6) is -8.56. The Morgan fingerprint density at radius 3 is 1.89 bits per heavy atom. The Labute approximate surface area is 544 Å². The van der Waals surface area contributed by atoms with Crippen LogP contribution in [0.4, 0.5) is 0 Å². The van der Waals surface area contributed by atoms with Crippen molar-refractivity contribution in [2.45, 2.75) is 151 Å². The molecule has 0 unspecified atom stereocenters. The van der Waals surface area contributed by atoms with Crippen LogP contribution in [-0.4, -0.2) is 213 Å². The number of hydrogen-bond donors (Lipinski definition) is 18. The SMILES string of the molecule is C[C@@H](O)[C@@H]1NC(=O)[C@H](CCCCN)NC(=O)[C@H](Cc2c[nH]c3ccccc23)NC(=O)[C@H](Cc2ccc(O)cc2)NC(=O)[C@@H](CCSCC(=O)NC[C@H](N)C(=O)N[C@@H](CCCCN)C(=O)N[C@@H](CS)C(=O)N[C@H](CO)[C@@H](C)O)N(C)C(=O)[C@H](Cc2ccccc2)NC1=O. The first kappa shape index (κ1) is 74.9. The third-order valence-electron chi connectivity index (χ3n) is 15.5. The third kappa shape index (κ3) is 23.4. The zero-order valence-electron chi connectivity index (χ0n) is 51.9. The van der Waals surface area contributed by atoms with Gasteiger partial charge in [-0.3, -0.25) is 47.9 Å². The number of nitrogens with one attached hydrogen (secondary N) is 10. The van der Waals surface area contributed by atoms with Crippen molar-refractivity contribution in [3.05, 3.63) is 102 Å². The van der Waals surface area contributed by atoms with E-state index in [2.05, 4.69) is 65.5 Å². The van der Waals surface area contributed by atoms with Crippen LogP contribution in [0.3, 0.4) is 0 Å². The second-order valence-corrected chi connectivity index (χ2v) is 24.2. The van der Waals surface area contributed by atoms with Gasteiger partial charge in [-0.2, -0.15) is 24.4 Å². The molecule has 0 bridgehead atoms. The second kappa shape index (κ2) is 38.2. The standard InChI is InChI=1S/C62H90N14O14S2/c1-35(78)49(32-77)73-59(87)50(33-91)74-55(83)44(17-9-11-24-63)68-54(82)42(65)31-67-52(81)34-92-26-23-51-60(88)71-46(27-38-19-21-40(80)22-20-38)57(85)70-47(29-39-30-66-43-16-8-7-15-41(39)43)58(86)69-45(18-10-12-25-64)56(84)75-53(36(2)79)61(89)72-48(62(90)76(51)3)28-37-13-5-4-6-14-37/h4-8,13-16,19-22,30,35-36,42,44-51,53,66,77-80,91H,9-12,17-18,23-29,31-34,63-65H2,1-3H3,(H,67,81)(H,68,82)(H,69,86)(H,70,85)(H,71,88)(H,72,89)(H,73,87)(H,74,83)(H,75,84)/t35-,36-,42+,44+,45+,46+,47+,48+,49-,50+,51-,53+/m1/s1. The third-order valence-corrected chi connectivity index (χ3v) is 16.9. The van der Waals surface area contributed by atoms with Gasteiger partial charge in [-0.15, -0.1) is 0 Å². The van der Waals surface area contributed by atoms with E-state index in [1.165, 1.54) is 45.2 Å². The number of nitrogens with two attached hydrogens (primary N) is 3. The number of rotatable bonds is 31. The number of aliphatic hydroxyl groups excluding tert-OH is 3. The summed E-state index contributed by atoms with van der Waals surface area (Å²) in [5, 5.41) is 65.3. The number of aromatic hydroxyl groups is 1. The first-order chi connectivity index (χ1) is 44.0. The normalized spacial score (nSPS) is 20.7. The van der Waals surface area contributed by atoms with Crippen molar-refractivity contribution in [2.75, 3.05) is 50.5 Å². The van der Waals surface area contributed by atoms with E-state index in [-0.39, 0.29) is 74.6 Å². The van der Waals surface area contributed by atoms with Crippen LogP contribution in [0.5, 0.6) is 5.75 Å². The molecule has 504 valence electrons. The largest absolute Gasteiger partial charge is 0.508 e. The molecule has 12 atom stereocenters. The van der Waals surface area contributed by atoms with Crippen molar-refractivity contribution < 1.29 is 68.4 Å². The van der Waals surface area contributed by atoms with E-state index in [1.54, 1.807) is 42.6 Å². The first-order valence-corrected chi connectivity index (χ1v) is 32.4. The van der Waals surface area contributed by atoms with E-state index >= 15 is 9.59 Å². The number of para-hydroxylation sites is 1. The Bertz CT molecular complexity index is 3090. The van der Waals surface area contributed by atoms with Crippen molar-refractivity contribution >= 4 is 94.4 Å². The maximum Gasteiger partial charge on any atom is 0.245 e. The fourth-order valence-electron chi connectivity index (χ4n) is 10.1. The molecular weight excluding hydrogens is 1230 g/mol. The van der Waals surface area contributed by atoms with E-state index < -0.39 is 145 Å². The number of thiol groups is 1. The summed E-state index contributed by atoms with van der Waals surface area (Å²) >= 11 is 5.20. The maximum absolute atomic E-state index is 15.1. The molecule has 1 fully saturated rings. The van der Waals surface area contributed by atoms with Crippen molar-refractivity contribution in [1.29, 1.82) is 0 Å². The molecule has 1 aromatic heterocycles. The van der Waals surface area contributed by atoms with Gasteiger partial charge in [0.2, 0.25) is 59.1 Å². The van der Waals surface area contributed by atoms with Gasteiger partial charge in [0.25, 0.3) is 0 Å². The predicted octanol–water partition coefficient (Wildman–Crippen LogP) is -2.87.